The number of hydrogen-bond acceptors (Lipinski definition) is 1. The van der Waals surface area contributed by atoms with E-state index in [0.717, 1.165) is 72.4 Å². The van der Waals surface area contributed by atoms with Crippen LogP contribution in [0.3, 0.4) is 0 Å². The Bertz CT molecular complexity index is 5320. The summed E-state index contributed by atoms with van der Waals surface area (Å²) in [5.41, 5.74) is 17.8. The van der Waals surface area contributed by atoms with E-state index < -0.39 is 8.07 Å². The molecule has 0 amide bonds. The van der Waals surface area contributed by atoms with Crippen molar-refractivity contribution in [2.75, 3.05) is 0 Å². The van der Waals surface area contributed by atoms with Crippen LogP contribution in [0.25, 0.3) is 127 Å². The van der Waals surface area contributed by atoms with Crippen molar-refractivity contribution in [3.05, 3.63) is 322 Å². The van der Waals surface area contributed by atoms with Crippen LogP contribution in [0.15, 0.2) is 326 Å². The van der Waals surface area contributed by atoms with Crippen LogP contribution in [0.1, 0.15) is 0 Å². The topological polar surface area (TPSA) is 27.9 Å². The lowest BCUT2D eigenvalue weighted by molar-refractivity contribution is 0.669. The van der Waals surface area contributed by atoms with Gasteiger partial charge in [0.25, 0.3) is 0 Å². The van der Waals surface area contributed by atoms with Gasteiger partial charge in [0.15, 0.2) is 8.07 Å². The second-order valence-electron chi connectivity index (χ2n) is 22.4. The van der Waals surface area contributed by atoms with Gasteiger partial charge in [0, 0.05) is 54.8 Å². The van der Waals surface area contributed by atoms with Gasteiger partial charge in [0.05, 0.1) is 22.1 Å². The Morgan fingerprint density at radius 3 is 1.16 bits per heavy atom. The van der Waals surface area contributed by atoms with Crippen LogP contribution in [0, 0.1) is 0 Å². The average Bonchev–Trinajstić information content (AvgIpc) is 1.69. The maximum absolute atomic E-state index is 6.68. The normalized spacial score (nSPS) is 12.0. The van der Waals surface area contributed by atoms with E-state index in [0.29, 0.717) is 0 Å². The number of hydrogen-bond donors (Lipinski definition) is 0. The first kappa shape index (κ1) is 48.7. The van der Waals surface area contributed by atoms with E-state index in [2.05, 4.69) is 335 Å². The van der Waals surface area contributed by atoms with E-state index >= 15 is 0 Å². The van der Waals surface area contributed by atoms with Crippen LogP contribution in [0.4, 0.5) is 0 Å². The predicted molar refractivity (Wildman–Crippen MR) is 359 cm³/mol. The molecule has 0 aliphatic carbocycles. The minimum atomic E-state index is -2.71. The van der Waals surface area contributed by atoms with Gasteiger partial charge in [0.2, 0.25) is 0 Å². The molecule has 0 bridgehead atoms. The highest BCUT2D eigenvalue weighted by Gasteiger charge is 2.41. The molecule has 0 saturated heterocycles. The van der Waals surface area contributed by atoms with Gasteiger partial charge in [-0.3, -0.25) is 9.13 Å². The molecule has 0 atom stereocenters. The third-order valence-corrected chi connectivity index (χ3v) is 22.5. The van der Waals surface area contributed by atoms with Crippen molar-refractivity contribution >= 4 is 105 Å². The SMILES string of the molecule is c1ccc(-n2c3ccccc3c3cc(-n4c5ccccc5c5c6ccccc6n(-c6ccc7oc8ccc(-c9cccc(-c%10cccc(-c%11cccc([Si](c%12ccccc%12)(c%12ccccc%12)c%12ccccc%12)c%11)c%10)c9)cc8c7c6)c54)ccc32)cc1. The van der Waals surface area contributed by atoms with E-state index in [9.17, 15) is 0 Å². The van der Waals surface area contributed by atoms with Crippen LogP contribution in [-0.4, -0.2) is 21.8 Å². The minimum Gasteiger partial charge on any atom is -0.456 e. The van der Waals surface area contributed by atoms with Crippen LogP contribution >= 0.6 is 0 Å². The predicted octanol–water partition coefficient (Wildman–Crippen LogP) is 18.1. The molecule has 0 spiro atoms. The van der Waals surface area contributed by atoms with Gasteiger partial charge in [-0.1, -0.05) is 231 Å². The maximum atomic E-state index is 6.68. The highest BCUT2D eigenvalue weighted by atomic mass is 28.3. The Morgan fingerprint density at radius 1 is 0.224 bits per heavy atom. The van der Waals surface area contributed by atoms with E-state index in [1.165, 1.54) is 75.4 Å². The number of rotatable bonds is 10. The number of para-hydroxylation sites is 4. The van der Waals surface area contributed by atoms with Crippen molar-refractivity contribution in [2.24, 2.45) is 0 Å². The lowest BCUT2D eigenvalue weighted by atomic mass is 9.96. The Labute approximate surface area is 492 Å². The van der Waals surface area contributed by atoms with Crippen LogP contribution < -0.4 is 20.7 Å². The molecule has 0 aliphatic rings. The molecule has 0 radical (unpaired) electrons. The summed E-state index contributed by atoms with van der Waals surface area (Å²) in [4.78, 5) is 0. The van der Waals surface area contributed by atoms with Crippen LogP contribution in [0.5, 0.6) is 0 Å². The van der Waals surface area contributed by atoms with E-state index in [1.54, 1.807) is 0 Å². The van der Waals surface area contributed by atoms with Gasteiger partial charge in [-0.05, 0) is 145 Å². The zero-order chi connectivity index (χ0) is 56.0. The molecule has 17 aromatic rings. The third kappa shape index (κ3) is 7.68. The smallest absolute Gasteiger partial charge is 0.179 e. The summed E-state index contributed by atoms with van der Waals surface area (Å²) in [5, 5.41) is 13.7. The molecule has 0 saturated carbocycles. The maximum Gasteiger partial charge on any atom is 0.179 e. The van der Waals surface area contributed by atoms with Crippen molar-refractivity contribution in [3.63, 3.8) is 0 Å². The van der Waals surface area contributed by atoms with E-state index in [1.807, 2.05) is 0 Å². The lowest BCUT2D eigenvalue weighted by Crippen LogP contribution is -2.74. The third-order valence-electron chi connectivity index (χ3n) is 17.8. The van der Waals surface area contributed by atoms with Crippen LogP contribution in [-0.2, 0) is 0 Å². The van der Waals surface area contributed by atoms with Gasteiger partial charge < -0.3 is 8.98 Å². The molecule has 0 unspecified atom stereocenters. The second-order valence-corrected chi connectivity index (χ2v) is 26.2. The Kier molecular flexibility index (Phi) is 11.2. The van der Waals surface area contributed by atoms with Gasteiger partial charge in [-0.25, -0.2) is 0 Å². The molecular formula is C80H53N3OSi. The van der Waals surface area contributed by atoms with Crippen molar-refractivity contribution in [1.29, 1.82) is 0 Å². The fraction of sp³-hybridized carbons (Fsp3) is 0. The molecular weight excluding hydrogens is 1050 g/mol. The Hall–Kier alpha value is -11.0. The molecule has 0 aliphatic heterocycles. The number of furan rings is 1. The number of fused-ring (bicyclic) bond motifs is 11. The van der Waals surface area contributed by atoms with Crippen molar-refractivity contribution in [2.45, 2.75) is 0 Å². The first-order chi connectivity index (χ1) is 42.2. The highest BCUT2D eigenvalue weighted by Crippen LogP contribution is 2.44. The fourth-order valence-electron chi connectivity index (χ4n) is 14.0. The van der Waals surface area contributed by atoms with Gasteiger partial charge in [-0.15, -0.1) is 0 Å². The van der Waals surface area contributed by atoms with Crippen molar-refractivity contribution in [1.82, 2.24) is 13.7 Å². The molecule has 5 heteroatoms. The highest BCUT2D eigenvalue weighted by molar-refractivity contribution is 7.19. The van der Waals surface area contributed by atoms with Crippen molar-refractivity contribution < 1.29 is 4.42 Å². The summed E-state index contributed by atoms with van der Waals surface area (Å²) in [7, 11) is -2.71. The summed E-state index contributed by atoms with van der Waals surface area (Å²) in [6.45, 7) is 0. The number of nitrogens with zero attached hydrogens (tertiary/aromatic N) is 3. The van der Waals surface area contributed by atoms with Crippen molar-refractivity contribution in [3.8, 4) is 50.4 Å². The van der Waals surface area contributed by atoms with E-state index in [-0.39, 0.29) is 0 Å². The molecule has 4 aromatic heterocycles. The summed E-state index contributed by atoms with van der Waals surface area (Å²) in [6.07, 6.45) is 0. The van der Waals surface area contributed by atoms with Gasteiger partial charge in [0.1, 0.15) is 16.8 Å². The first-order valence-electron chi connectivity index (χ1n) is 29.2. The molecule has 85 heavy (non-hydrogen) atoms. The van der Waals surface area contributed by atoms with Crippen LogP contribution in [0.2, 0.25) is 0 Å². The summed E-state index contributed by atoms with van der Waals surface area (Å²) < 4.78 is 14.0. The lowest BCUT2D eigenvalue weighted by Gasteiger charge is -2.34. The number of benzene rings is 13. The van der Waals surface area contributed by atoms with E-state index in [4.69, 9.17) is 4.42 Å². The molecule has 0 N–H and O–H groups in total. The summed E-state index contributed by atoms with van der Waals surface area (Å²) in [6, 6.07) is 118. The van der Waals surface area contributed by atoms with Gasteiger partial charge >= 0.3 is 0 Å². The minimum absolute atomic E-state index is 0.857. The standard InChI is InChI=1S/C80H53N3OSi/c1-5-27-60(28-6-1)81-73-39-16-13-36-67(73)70-52-61(43-45-76(70)81)82-74-40-17-14-37-68(74)79-69-38-15-18-41-75(69)83(80(79)82)62-44-47-78-72(53-62)71-51-59(42-46-77(71)84-78)57-25-20-23-55(49-57)54-22-19-24-56(48-54)58-26-21-35-66(50-58)85(63-29-7-2-8-30-63,64-31-9-3-10-32-64)65-33-11-4-12-34-65/h1-53H. The largest absolute Gasteiger partial charge is 0.456 e. The molecule has 0 fully saturated rings. The molecule has 4 heterocycles. The second kappa shape index (κ2) is 19.6. The Morgan fingerprint density at radius 2 is 0.612 bits per heavy atom. The molecule has 17 rings (SSSR count). The molecule has 13 aromatic carbocycles. The average molecular weight is 1100 g/mol. The monoisotopic (exact) mass is 1100 g/mol. The fourth-order valence-corrected chi connectivity index (χ4v) is 18.8. The summed E-state index contributed by atoms with van der Waals surface area (Å²) >= 11 is 0. The molecule has 4 nitrogen and oxygen atoms in total. The zero-order valence-corrected chi connectivity index (χ0v) is 47.3. The van der Waals surface area contributed by atoms with Gasteiger partial charge in [-0.2, -0.15) is 0 Å². The number of aromatic nitrogens is 3. The first-order valence-corrected chi connectivity index (χ1v) is 31.2. The zero-order valence-electron chi connectivity index (χ0n) is 46.3. The summed E-state index contributed by atoms with van der Waals surface area (Å²) in [5.74, 6) is 0. The molecule has 398 valence electrons. The Balaban J connectivity index is 0.769. The quantitative estimate of drug-likeness (QED) is 0.0991.